The Balaban J connectivity index is 2.09. The van der Waals surface area contributed by atoms with Crippen LogP contribution in [0.2, 0.25) is 0 Å². The molecule has 1 unspecified atom stereocenters. The highest BCUT2D eigenvalue weighted by Gasteiger charge is 2.08. The van der Waals surface area contributed by atoms with Crippen molar-refractivity contribution in [1.29, 1.82) is 0 Å². The fourth-order valence-electron chi connectivity index (χ4n) is 2.35. The molecule has 1 atom stereocenters. The van der Waals surface area contributed by atoms with Crippen LogP contribution in [-0.2, 0) is 28.9 Å². The van der Waals surface area contributed by atoms with E-state index in [-0.39, 0.29) is 0 Å². The van der Waals surface area contributed by atoms with E-state index < -0.39 is 10.8 Å². The van der Waals surface area contributed by atoms with Crippen molar-refractivity contribution in [2.45, 2.75) is 31.9 Å². The monoisotopic (exact) mass is 288 g/mol. The lowest BCUT2D eigenvalue weighted by Crippen LogP contribution is -2.07. The molecule has 4 heteroatoms. The number of nitrogens with zero attached hydrogens (tertiary/aromatic N) is 1. The normalized spacial score (nSPS) is 12.3. The Kier molecular flexibility index (Phi) is 5.04. The lowest BCUT2D eigenvalue weighted by Gasteiger charge is -2.08. The molecule has 1 aromatic carbocycles. The third-order valence-electron chi connectivity index (χ3n) is 3.10. The van der Waals surface area contributed by atoms with Crippen LogP contribution < -0.4 is 5.73 Å². The SMILES string of the molecule is Cc1cc(C)cc(CS(=O)Cc2cccnc2CN)c1. The summed E-state index contributed by atoms with van der Waals surface area (Å²) in [6, 6.07) is 10.1. The maximum atomic E-state index is 12.3. The van der Waals surface area contributed by atoms with E-state index in [0.29, 0.717) is 18.1 Å². The zero-order chi connectivity index (χ0) is 14.5. The van der Waals surface area contributed by atoms with Crippen LogP contribution in [0.4, 0.5) is 0 Å². The number of pyridine rings is 1. The van der Waals surface area contributed by atoms with E-state index in [2.05, 4.69) is 37.0 Å². The number of hydrogen-bond donors (Lipinski definition) is 1. The highest BCUT2D eigenvalue weighted by Crippen LogP contribution is 2.14. The standard InChI is InChI=1S/C16H20N2OS/c1-12-6-13(2)8-14(7-12)10-20(19)11-15-4-3-5-18-16(15)9-17/h3-8H,9-11,17H2,1-2H3. The van der Waals surface area contributed by atoms with Gasteiger partial charge < -0.3 is 5.73 Å². The number of rotatable bonds is 5. The van der Waals surface area contributed by atoms with Gasteiger partial charge in [0.05, 0.1) is 11.4 Å². The van der Waals surface area contributed by atoms with Crippen molar-refractivity contribution in [3.63, 3.8) is 0 Å². The first-order valence-corrected chi connectivity index (χ1v) is 8.12. The minimum Gasteiger partial charge on any atom is -0.325 e. The van der Waals surface area contributed by atoms with E-state index >= 15 is 0 Å². The molecule has 0 saturated heterocycles. The molecule has 0 aliphatic heterocycles. The molecule has 0 aliphatic carbocycles. The smallest absolute Gasteiger partial charge is 0.0580 e. The quantitative estimate of drug-likeness (QED) is 0.920. The highest BCUT2D eigenvalue weighted by atomic mass is 32.2. The second kappa shape index (κ2) is 6.77. The van der Waals surface area contributed by atoms with E-state index in [9.17, 15) is 4.21 Å². The molecule has 0 radical (unpaired) electrons. The average Bonchev–Trinajstić information content (AvgIpc) is 2.37. The molecule has 106 valence electrons. The predicted octanol–water partition coefficient (Wildman–Crippen LogP) is 2.61. The summed E-state index contributed by atoms with van der Waals surface area (Å²) in [6.45, 7) is 4.51. The number of aromatic nitrogens is 1. The first kappa shape index (κ1) is 14.9. The van der Waals surface area contributed by atoms with Crippen LogP contribution in [0.5, 0.6) is 0 Å². The van der Waals surface area contributed by atoms with Gasteiger partial charge in [-0.15, -0.1) is 0 Å². The molecule has 0 amide bonds. The van der Waals surface area contributed by atoms with Gasteiger partial charge in [-0.25, -0.2) is 0 Å². The molecular formula is C16H20N2OS. The van der Waals surface area contributed by atoms with Crippen LogP contribution in [-0.4, -0.2) is 9.19 Å². The minimum absolute atomic E-state index is 0.386. The molecule has 2 rings (SSSR count). The van der Waals surface area contributed by atoms with E-state index in [1.165, 1.54) is 11.1 Å². The van der Waals surface area contributed by atoms with E-state index in [4.69, 9.17) is 5.73 Å². The Bertz CT molecular complexity index is 605. The van der Waals surface area contributed by atoms with Gasteiger partial charge in [0.1, 0.15) is 0 Å². The molecule has 0 fully saturated rings. The van der Waals surface area contributed by atoms with Crippen molar-refractivity contribution in [3.8, 4) is 0 Å². The minimum atomic E-state index is -0.946. The van der Waals surface area contributed by atoms with E-state index in [1.807, 2.05) is 12.1 Å². The zero-order valence-electron chi connectivity index (χ0n) is 11.9. The third-order valence-corrected chi connectivity index (χ3v) is 4.39. The molecule has 3 nitrogen and oxygen atoms in total. The molecule has 1 aromatic heterocycles. The third kappa shape index (κ3) is 3.99. The maximum Gasteiger partial charge on any atom is 0.0580 e. The van der Waals surface area contributed by atoms with Gasteiger partial charge in [0.25, 0.3) is 0 Å². The molecule has 0 aliphatic rings. The summed E-state index contributed by atoms with van der Waals surface area (Å²) in [4.78, 5) is 4.23. The van der Waals surface area contributed by atoms with Crippen LogP contribution >= 0.6 is 0 Å². The largest absolute Gasteiger partial charge is 0.325 e. The predicted molar refractivity (Wildman–Crippen MR) is 83.6 cm³/mol. The molecule has 2 N–H and O–H groups in total. The summed E-state index contributed by atoms with van der Waals surface area (Å²) < 4.78 is 12.3. The Labute approximate surface area is 122 Å². The van der Waals surface area contributed by atoms with Gasteiger partial charge in [0.15, 0.2) is 0 Å². The Morgan fingerprint density at radius 1 is 1.15 bits per heavy atom. The second-order valence-corrected chi connectivity index (χ2v) is 6.49. The van der Waals surface area contributed by atoms with Gasteiger partial charge in [0, 0.05) is 29.3 Å². The van der Waals surface area contributed by atoms with Crippen LogP contribution in [0.15, 0.2) is 36.5 Å². The van der Waals surface area contributed by atoms with Gasteiger partial charge in [-0.1, -0.05) is 35.4 Å². The Hall–Kier alpha value is -1.52. The van der Waals surface area contributed by atoms with Crippen molar-refractivity contribution >= 4 is 10.8 Å². The molecule has 0 saturated carbocycles. The molecule has 20 heavy (non-hydrogen) atoms. The molecule has 2 aromatic rings. The Morgan fingerprint density at radius 3 is 2.50 bits per heavy atom. The summed E-state index contributed by atoms with van der Waals surface area (Å²) in [6.07, 6.45) is 1.72. The van der Waals surface area contributed by atoms with E-state index in [1.54, 1.807) is 6.20 Å². The van der Waals surface area contributed by atoms with Crippen LogP contribution in [0, 0.1) is 13.8 Å². The zero-order valence-corrected chi connectivity index (χ0v) is 12.7. The lowest BCUT2D eigenvalue weighted by molar-refractivity contribution is 0.681. The van der Waals surface area contributed by atoms with Crippen molar-refractivity contribution in [2.75, 3.05) is 0 Å². The second-order valence-electron chi connectivity index (χ2n) is 5.04. The van der Waals surface area contributed by atoms with Crippen LogP contribution in [0.25, 0.3) is 0 Å². The van der Waals surface area contributed by atoms with Gasteiger partial charge in [-0.2, -0.15) is 0 Å². The molecule has 0 bridgehead atoms. The maximum absolute atomic E-state index is 12.3. The number of benzene rings is 1. The first-order chi connectivity index (χ1) is 9.58. The van der Waals surface area contributed by atoms with Crippen LogP contribution in [0.1, 0.15) is 27.9 Å². The summed E-state index contributed by atoms with van der Waals surface area (Å²) in [5.74, 6) is 1.08. The number of hydrogen-bond acceptors (Lipinski definition) is 3. The average molecular weight is 288 g/mol. The lowest BCUT2D eigenvalue weighted by atomic mass is 10.1. The van der Waals surface area contributed by atoms with Crippen molar-refractivity contribution < 1.29 is 4.21 Å². The highest BCUT2D eigenvalue weighted by molar-refractivity contribution is 7.83. The summed E-state index contributed by atoms with van der Waals surface area (Å²) in [5, 5.41) is 0. The number of nitrogens with two attached hydrogens (primary N) is 1. The molecular weight excluding hydrogens is 268 g/mol. The Morgan fingerprint density at radius 2 is 1.85 bits per heavy atom. The van der Waals surface area contributed by atoms with Gasteiger partial charge in [-0.05, 0) is 31.0 Å². The topological polar surface area (TPSA) is 56.0 Å². The van der Waals surface area contributed by atoms with Gasteiger partial charge >= 0.3 is 0 Å². The van der Waals surface area contributed by atoms with Crippen molar-refractivity contribution in [1.82, 2.24) is 4.98 Å². The fraction of sp³-hybridized carbons (Fsp3) is 0.312. The summed E-state index contributed by atoms with van der Waals surface area (Å²) in [5.41, 5.74) is 11.0. The van der Waals surface area contributed by atoms with Crippen LogP contribution in [0.3, 0.4) is 0 Å². The fourth-order valence-corrected chi connectivity index (χ4v) is 3.60. The van der Waals surface area contributed by atoms with Crippen molar-refractivity contribution in [3.05, 3.63) is 64.5 Å². The number of aryl methyl sites for hydroxylation is 2. The van der Waals surface area contributed by atoms with Gasteiger partial charge in [-0.3, -0.25) is 9.19 Å². The molecule has 1 heterocycles. The van der Waals surface area contributed by atoms with Gasteiger partial charge in [0.2, 0.25) is 0 Å². The van der Waals surface area contributed by atoms with E-state index in [0.717, 1.165) is 16.8 Å². The summed E-state index contributed by atoms with van der Waals surface area (Å²) >= 11 is 0. The van der Waals surface area contributed by atoms with Crippen molar-refractivity contribution in [2.24, 2.45) is 5.73 Å². The first-order valence-electron chi connectivity index (χ1n) is 6.63. The molecule has 0 spiro atoms. The summed E-state index contributed by atoms with van der Waals surface area (Å²) in [7, 11) is -0.946.